The molecule has 0 radical (unpaired) electrons. The minimum atomic E-state index is 0.175. The first-order valence-electron chi connectivity index (χ1n) is 5.38. The maximum atomic E-state index is 11.8. The van der Waals surface area contributed by atoms with Crippen molar-refractivity contribution >= 4 is 5.78 Å². The molecule has 0 saturated carbocycles. The van der Waals surface area contributed by atoms with Crippen LogP contribution >= 0.6 is 0 Å². The Morgan fingerprint density at radius 2 is 2.53 bits per heavy atom. The number of rotatable bonds is 3. The van der Waals surface area contributed by atoms with Crippen molar-refractivity contribution in [3.8, 4) is 0 Å². The molecule has 4 nitrogen and oxygen atoms in total. The summed E-state index contributed by atoms with van der Waals surface area (Å²) in [5, 5.41) is 3.36. The van der Waals surface area contributed by atoms with Crippen molar-refractivity contribution in [2.75, 3.05) is 26.2 Å². The van der Waals surface area contributed by atoms with Gasteiger partial charge in [0.05, 0.1) is 12.2 Å². The second kappa shape index (κ2) is 4.59. The molecule has 2 rings (SSSR count). The first kappa shape index (κ1) is 10.4. The van der Waals surface area contributed by atoms with Crippen molar-refractivity contribution in [1.82, 2.24) is 15.2 Å². The zero-order valence-corrected chi connectivity index (χ0v) is 8.99. The molecule has 1 aromatic rings. The van der Waals surface area contributed by atoms with Gasteiger partial charge in [0.15, 0.2) is 5.78 Å². The number of carbonyl (C=O) groups excluding carboxylic acids is 1. The van der Waals surface area contributed by atoms with E-state index in [1.54, 1.807) is 6.20 Å². The zero-order chi connectivity index (χ0) is 10.7. The number of hydrogen-bond donors (Lipinski definition) is 2. The van der Waals surface area contributed by atoms with Crippen LogP contribution in [0, 0.1) is 0 Å². The number of carbonyl (C=O) groups is 1. The molecule has 1 atom stereocenters. The number of H-pyrrole nitrogens is 1. The number of Topliss-reactive ketones (excluding diaryl/α,β-unsaturated/α-hetero) is 1. The first-order valence-corrected chi connectivity index (χ1v) is 5.38. The van der Waals surface area contributed by atoms with Crippen molar-refractivity contribution in [3.05, 3.63) is 24.0 Å². The van der Waals surface area contributed by atoms with Crippen molar-refractivity contribution in [2.45, 2.75) is 13.0 Å². The van der Waals surface area contributed by atoms with Crippen LogP contribution in [0.25, 0.3) is 0 Å². The third-order valence-electron chi connectivity index (χ3n) is 2.72. The number of nitrogens with one attached hydrogen (secondary N) is 2. The summed E-state index contributed by atoms with van der Waals surface area (Å²) in [6.45, 7) is 5.54. The molecule has 1 unspecified atom stereocenters. The average Bonchev–Trinajstić information content (AvgIpc) is 2.70. The van der Waals surface area contributed by atoms with Crippen LogP contribution in [0.4, 0.5) is 0 Å². The van der Waals surface area contributed by atoms with Crippen LogP contribution in [-0.4, -0.2) is 47.9 Å². The molecule has 2 N–H and O–H groups in total. The van der Waals surface area contributed by atoms with Crippen molar-refractivity contribution in [1.29, 1.82) is 0 Å². The highest BCUT2D eigenvalue weighted by Crippen LogP contribution is 2.02. The number of nitrogens with zero attached hydrogens (tertiary/aromatic N) is 1. The Morgan fingerprint density at radius 3 is 3.20 bits per heavy atom. The van der Waals surface area contributed by atoms with Gasteiger partial charge in [-0.05, 0) is 19.1 Å². The van der Waals surface area contributed by atoms with Crippen molar-refractivity contribution in [3.63, 3.8) is 0 Å². The van der Waals surface area contributed by atoms with Gasteiger partial charge in [0.25, 0.3) is 0 Å². The Balaban J connectivity index is 1.89. The van der Waals surface area contributed by atoms with Gasteiger partial charge in [-0.25, -0.2) is 0 Å². The van der Waals surface area contributed by atoms with Gasteiger partial charge in [-0.15, -0.1) is 0 Å². The number of aromatic amines is 1. The van der Waals surface area contributed by atoms with Crippen LogP contribution in [0.15, 0.2) is 18.3 Å². The molecule has 82 valence electrons. The van der Waals surface area contributed by atoms with E-state index >= 15 is 0 Å². The van der Waals surface area contributed by atoms with Crippen LogP contribution in [0.1, 0.15) is 17.4 Å². The predicted octanol–water partition coefficient (Wildman–Crippen LogP) is 0.491. The highest BCUT2D eigenvalue weighted by Gasteiger charge is 2.18. The van der Waals surface area contributed by atoms with E-state index in [0.29, 0.717) is 18.3 Å². The van der Waals surface area contributed by atoms with Gasteiger partial charge in [-0.3, -0.25) is 9.69 Å². The molecule has 4 heteroatoms. The summed E-state index contributed by atoms with van der Waals surface area (Å²) in [6.07, 6.45) is 1.79. The molecule has 0 aliphatic carbocycles. The fraction of sp³-hybridized carbons (Fsp3) is 0.545. The molecule has 0 aromatic carbocycles. The molecule has 0 amide bonds. The predicted molar refractivity (Wildman–Crippen MR) is 59.0 cm³/mol. The minimum Gasteiger partial charge on any atom is -0.359 e. The molecule has 1 fully saturated rings. The lowest BCUT2D eigenvalue weighted by molar-refractivity contribution is 0.0904. The van der Waals surface area contributed by atoms with Crippen LogP contribution in [0.5, 0.6) is 0 Å². The Kier molecular flexibility index (Phi) is 3.18. The molecule has 0 spiro atoms. The second-order valence-corrected chi connectivity index (χ2v) is 4.10. The van der Waals surface area contributed by atoms with Gasteiger partial charge in [0.2, 0.25) is 0 Å². The molecule has 1 saturated heterocycles. The summed E-state index contributed by atoms with van der Waals surface area (Å²) in [4.78, 5) is 16.9. The fourth-order valence-corrected chi connectivity index (χ4v) is 1.95. The number of aromatic nitrogens is 1. The summed E-state index contributed by atoms with van der Waals surface area (Å²) >= 11 is 0. The van der Waals surface area contributed by atoms with Crippen molar-refractivity contribution in [2.24, 2.45) is 0 Å². The van der Waals surface area contributed by atoms with Crippen LogP contribution in [-0.2, 0) is 0 Å². The number of piperazine rings is 1. The van der Waals surface area contributed by atoms with E-state index in [2.05, 4.69) is 22.1 Å². The molecule has 1 aromatic heterocycles. The monoisotopic (exact) mass is 207 g/mol. The lowest BCUT2D eigenvalue weighted by Gasteiger charge is -2.31. The molecular weight excluding hydrogens is 190 g/mol. The van der Waals surface area contributed by atoms with Gasteiger partial charge >= 0.3 is 0 Å². The highest BCUT2D eigenvalue weighted by molar-refractivity contribution is 5.95. The van der Waals surface area contributed by atoms with E-state index in [9.17, 15) is 4.79 Å². The summed E-state index contributed by atoms with van der Waals surface area (Å²) in [7, 11) is 0. The standard InChI is InChI=1S/C11H17N3O/c1-9-7-14(6-5-12-9)8-11(15)10-3-2-4-13-10/h2-4,9,12-13H,5-8H2,1H3. The largest absolute Gasteiger partial charge is 0.359 e. The topological polar surface area (TPSA) is 48.1 Å². The lowest BCUT2D eigenvalue weighted by Crippen LogP contribution is -2.50. The Labute approximate surface area is 89.7 Å². The lowest BCUT2D eigenvalue weighted by atomic mass is 10.2. The Bertz CT molecular complexity index is 321. The Morgan fingerprint density at radius 1 is 1.67 bits per heavy atom. The number of hydrogen-bond acceptors (Lipinski definition) is 3. The first-order chi connectivity index (χ1) is 7.25. The van der Waals surface area contributed by atoms with E-state index in [4.69, 9.17) is 0 Å². The molecular formula is C11H17N3O. The molecule has 15 heavy (non-hydrogen) atoms. The Hall–Kier alpha value is -1.13. The SMILES string of the molecule is CC1CN(CC(=O)c2ccc[nH]2)CCN1. The molecule has 1 aliphatic rings. The fourth-order valence-electron chi connectivity index (χ4n) is 1.95. The summed E-state index contributed by atoms with van der Waals surface area (Å²) in [6, 6.07) is 4.16. The van der Waals surface area contributed by atoms with E-state index in [1.165, 1.54) is 0 Å². The summed E-state index contributed by atoms with van der Waals surface area (Å²) < 4.78 is 0. The quantitative estimate of drug-likeness (QED) is 0.709. The average molecular weight is 207 g/mol. The third-order valence-corrected chi connectivity index (χ3v) is 2.72. The molecule has 2 heterocycles. The van der Waals surface area contributed by atoms with E-state index in [1.807, 2.05) is 12.1 Å². The second-order valence-electron chi connectivity index (χ2n) is 4.10. The highest BCUT2D eigenvalue weighted by atomic mass is 16.1. The van der Waals surface area contributed by atoms with Crippen LogP contribution < -0.4 is 5.32 Å². The van der Waals surface area contributed by atoms with E-state index < -0.39 is 0 Å². The van der Waals surface area contributed by atoms with Crippen molar-refractivity contribution < 1.29 is 4.79 Å². The van der Waals surface area contributed by atoms with Crippen LogP contribution in [0.2, 0.25) is 0 Å². The van der Waals surface area contributed by atoms with Gasteiger partial charge in [0, 0.05) is 31.9 Å². The number of ketones is 1. The van der Waals surface area contributed by atoms with Crippen LogP contribution in [0.3, 0.4) is 0 Å². The summed E-state index contributed by atoms with van der Waals surface area (Å²) in [5.74, 6) is 0.175. The maximum Gasteiger partial charge on any atom is 0.192 e. The van der Waals surface area contributed by atoms with Gasteiger partial charge < -0.3 is 10.3 Å². The molecule has 1 aliphatic heterocycles. The normalized spacial score (nSPS) is 22.9. The smallest absolute Gasteiger partial charge is 0.192 e. The summed E-state index contributed by atoms with van der Waals surface area (Å²) in [5.41, 5.74) is 0.709. The van der Waals surface area contributed by atoms with Gasteiger partial charge in [-0.1, -0.05) is 0 Å². The zero-order valence-electron chi connectivity index (χ0n) is 8.99. The third kappa shape index (κ3) is 2.67. The van der Waals surface area contributed by atoms with E-state index in [-0.39, 0.29) is 5.78 Å². The van der Waals surface area contributed by atoms with Gasteiger partial charge in [0.1, 0.15) is 0 Å². The van der Waals surface area contributed by atoms with Gasteiger partial charge in [-0.2, -0.15) is 0 Å². The van der Waals surface area contributed by atoms with E-state index in [0.717, 1.165) is 19.6 Å². The molecule has 0 bridgehead atoms. The maximum absolute atomic E-state index is 11.8. The minimum absolute atomic E-state index is 0.175.